The first-order valence-electron chi connectivity index (χ1n) is 4.84. The first kappa shape index (κ1) is 10.7. The predicted octanol–water partition coefficient (Wildman–Crippen LogP) is 3.18. The fraction of sp³-hybridized carbons (Fsp3) is 0.308. The zero-order chi connectivity index (χ0) is 10.6. The zero-order valence-electron chi connectivity index (χ0n) is 8.73. The van der Waals surface area contributed by atoms with E-state index >= 15 is 0 Å². The SMILES string of the molecule is C=C[C@H](c1ccccc1)[C@@H](C)C(C)=O. The van der Waals surface area contributed by atoms with Crippen LogP contribution in [0, 0.1) is 5.92 Å². The van der Waals surface area contributed by atoms with Gasteiger partial charge in [0.05, 0.1) is 0 Å². The second-order valence-corrected chi connectivity index (χ2v) is 3.57. The van der Waals surface area contributed by atoms with Gasteiger partial charge in [-0.1, -0.05) is 43.3 Å². The van der Waals surface area contributed by atoms with E-state index in [1.807, 2.05) is 43.3 Å². The molecule has 0 N–H and O–H groups in total. The Kier molecular flexibility index (Phi) is 3.63. The first-order valence-corrected chi connectivity index (χ1v) is 4.84. The van der Waals surface area contributed by atoms with Crippen LogP contribution in [0.15, 0.2) is 43.0 Å². The second kappa shape index (κ2) is 4.75. The molecule has 2 atom stereocenters. The van der Waals surface area contributed by atoms with Crippen LogP contribution < -0.4 is 0 Å². The molecule has 1 heteroatoms. The molecule has 0 aromatic heterocycles. The minimum Gasteiger partial charge on any atom is -0.300 e. The normalized spacial score (nSPS) is 14.4. The first-order chi connectivity index (χ1) is 6.66. The molecule has 1 rings (SSSR count). The van der Waals surface area contributed by atoms with E-state index in [-0.39, 0.29) is 17.6 Å². The molecule has 0 bridgehead atoms. The highest BCUT2D eigenvalue weighted by Crippen LogP contribution is 2.25. The fourth-order valence-corrected chi connectivity index (χ4v) is 1.56. The van der Waals surface area contributed by atoms with Gasteiger partial charge in [-0.2, -0.15) is 0 Å². The Bertz CT molecular complexity index is 313. The van der Waals surface area contributed by atoms with Crippen LogP contribution in [-0.4, -0.2) is 5.78 Å². The molecule has 0 unspecified atom stereocenters. The largest absolute Gasteiger partial charge is 0.300 e. The molecule has 14 heavy (non-hydrogen) atoms. The lowest BCUT2D eigenvalue weighted by molar-refractivity contribution is -0.120. The van der Waals surface area contributed by atoms with Crippen LogP contribution in [0.25, 0.3) is 0 Å². The van der Waals surface area contributed by atoms with Crippen LogP contribution in [0.5, 0.6) is 0 Å². The monoisotopic (exact) mass is 188 g/mol. The average molecular weight is 188 g/mol. The highest BCUT2D eigenvalue weighted by molar-refractivity contribution is 5.79. The Balaban J connectivity index is 2.93. The third kappa shape index (κ3) is 2.32. The summed E-state index contributed by atoms with van der Waals surface area (Å²) in [5, 5.41) is 0. The van der Waals surface area contributed by atoms with E-state index in [4.69, 9.17) is 0 Å². The molecular weight excluding hydrogens is 172 g/mol. The van der Waals surface area contributed by atoms with Gasteiger partial charge in [0.25, 0.3) is 0 Å². The smallest absolute Gasteiger partial charge is 0.133 e. The highest BCUT2D eigenvalue weighted by Gasteiger charge is 2.19. The van der Waals surface area contributed by atoms with Crippen molar-refractivity contribution in [3.05, 3.63) is 48.6 Å². The Morgan fingerprint density at radius 2 is 1.93 bits per heavy atom. The summed E-state index contributed by atoms with van der Waals surface area (Å²) in [6, 6.07) is 10.0. The van der Waals surface area contributed by atoms with Gasteiger partial charge in [-0.3, -0.25) is 4.79 Å². The van der Waals surface area contributed by atoms with Crippen LogP contribution in [0.3, 0.4) is 0 Å². The van der Waals surface area contributed by atoms with Crippen molar-refractivity contribution < 1.29 is 4.79 Å². The summed E-state index contributed by atoms with van der Waals surface area (Å²) in [6.07, 6.45) is 1.85. The number of allylic oxidation sites excluding steroid dienone is 1. The summed E-state index contributed by atoms with van der Waals surface area (Å²) in [6.45, 7) is 7.36. The number of benzene rings is 1. The lowest BCUT2D eigenvalue weighted by atomic mass is 9.85. The van der Waals surface area contributed by atoms with Crippen molar-refractivity contribution in [2.24, 2.45) is 5.92 Å². The molecule has 0 aliphatic rings. The molecule has 74 valence electrons. The van der Waals surface area contributed by atoms with Gasteiger partial charge in [-0.15, -0.1) is 6.58 Å². The number of hydrogen-bond donors (Lipinski definition) is 0. The van der Waals surface area contributed by atoms with Crippen molar-refractivity contribution in [3.63, 3.8) is 0 Å². The number of ketones is 1. The fourth-order valence-electron chi connectivity index (χ4n) is 1.56. The maximum Gasteiger partial charge on any atom is 0.133 e. The lowest BCUT2D eigenvalue weighted by Crippen LogP contribution is -2.15. The third-order valence-corrected chi connectivity index (χ3v) is 2.62. The number of Topliss-reactive ketones (excluding diaryl/α,β-unsaturated/α-hetero) is 1. The summed E-state index contributed by atoms with van der Waals surface area (Å²) in [4.78, 5) is 11.3. The summed E-state index contributed by atoms with van der Waals surface area (Å²) in [5.74, 6) is 0.349. The third-order valence-electron chi connectivity index (χ3n) is 2.62. The Hall–Kier alpha value is -1.37. The van der Waals surface area contributed by atoms with E-state index in [2.05, 4.69) is 6.58 Å². The molecule has 0 saturated heterocycles. The molecule has 0 aliphatic heterocycles. The molecule has 0 amide bonds. The van der Waals surface area contributed by atoms with Gasteiger partial charge in [0.15, 0.2) is 0 Å². The molecule has 0 spiro atoms. The number of hydrogen-bond acceptors (Lipinski definition) is 1. The van der Waals surface area contributed by atoms with Crippen molar-refractivity contribution in [2.45, 2.75) is 19.8 Å². The molecule has 0 saturated carbocycles. The second-order valence-electron chi connectivity index (χ2n) is 3.57. The van der Waals surface area contributed by atoms with E-state index in [0.29, 0.717) is 0 Å². The maximum absolute atomic E-state index is 11.3. The van der Waals surface area contributed by atoms with Crippen molar-refractivity contribution in [1.82, 2.24) is 0 Å². The molecular formula is C13H16O. The van der Waals surface area contributed by atoms with Gasteiger partial charge in [-0.05, 0) is 12.5 Å². The zero-order valence-corrected chi connectivity index (χ0v) is 8.73. The topological polar surface area (TPSA) is 17.1 Å². The van der Waals surface area contributed by atoms with Gasteiger partial charge >= 0.3 is 0 Å². The Morgan fingerprint density at radius 1 is 1.36 bits per heavy atom. The molecule has 1 nitrogen and oxygen atoms in total. The average Bonchev–Trinajstić information content (AvgIpc) is 2.20. The minimum atomic E-state index is 0.00917. The van der Waals surface area contributed by atoms with Crippen LogP contribution in [-0.2, 0) is 4.79 Å². The van der Waals surface area contributed by atoms with Crippen molar-refractivity contribution in [3.8, 4) is 0 Å². The van der Waals surface area contributed by atoms with Gasteiger partial charge in [0.1, 0.15) is 5.78 Å². The van der Waals surface area contributed by atoms with Crippen LogP contribution >= 0.6 is 0 Å². The predicted molar refractivity (Wildman–Crippen MR) is 59.2 cm³/mol. The summed E-state index contributed by atoms with van der Waals surface area (Å²) in [7, 11) is 0. The summed E-state index contributed by atoms with van der Waals surface area (Å²) in [5.41, 5.74) is 1.16. The van der Waals surface area contributed by atoms with Gasteiger partial charge < -0.3 is 0 Å². The number of carbonyl (C=O) groups is 1. The molecule has 1 aromatic rings. The maximum atomic E-state index is 11.3. The number of carbonyl (C=O) groups excluding carboxylic acids is 1. The van der Waals surface area contributed by atoms with E-state index < -0.39 is 0 Å². The van der Waals surface area contributed by atoms with E-state index in [1.165, 1.54) is 0 Å². The van der Waals surface area contributed by atoms with Gasteiger partial charge in [0, 0.05) is 11.8 Å². The molecule has 0 aliphatic carbocycles. The van der Waals surface area contributed by atoms with Crippen LogP contribution in [0.2, 0.25) is 0 Å². The molecule has 0 heterocycles. The lowest BCUT2D eigenvalue weighted by Gasteiger charge is -2.18. The summed E-state index contributed by atoms with van der Waals surface area (Å²) >= 11 is 0. The Morgan fingerprint density at radius 3 is 2.36 bits per heavy atom. The number of rotatable bonds is 4. The molecule has 0 fully saturated rings. The summed E-state index contributed by atoms with van der Waals surface area (Å²) < 4.78 is 0. The van der Waals surface area contributed by atoms with Crippen LogP contribution in [0.4, 0.5) is 0 Å². The quantitative estimate of drug-likeness (QED) is 0.663. The van der Waals surface area contributed by atoms with Crippen molar-refractivity contribution in [2.75, 3.05) is 0 Å². The van der Waals surface area contributed by atoms with E-state index in [1.54, 1.807) is 6.92 Å². The van der Waals surface area contributed by atoms with Gasteiger partial charge in [-0.25, -0.2) is 0 Å². The van der Waals surface area contributed by atoms with E-state index in [9.17, 15) is 4.79 Å². The van der Waals surface area contributed by atoms with E-state index in [0.717, 1.165) is 5.56 Å². The minimum absolute atomic E-state index is 0.00917. The standard InChI is InChI=1S/C13H16O/c1-4-13(10(2)11(3)14)12-8-6-5-7-9-12/h4-10,13H,1H2,2-3H3/t10-,13-/m0/s1. The molecule has 1 aromatic carbocycles. The van der Waals surface area contributed by atoms with Gasteiger partial charge in [0.2, 0.25) is 0 Å². The highest BCUT2D eigenvalue weighted by atomic mass is 16.1. The van der Waals surface area contributed by atoms with Crippen molar-refractivity contribution >= 4 is 5.78 Å². The van der Waals surface area contributed by atoms with Crippen molar-refractivity contribution in [1.29, 1.82) is 0 Å². The molecule has 0 radical (unpaired) electrons. The van der Waals surface area contributed by atoms with Crippen LogP contribution in [0.1, 0.15) is 25.3 Å². The Labute approximate surface area is 85.5 Å².